The molecule has 2 aromatic rings. The molecule has 6 N–H and O–H groups in total. The summed E-state index contributed by atoms with van der Waals surface area (Å²) in [5.41, 5.74) is 13.5. The fraction of sp³-hybridized carbons (Fsp3) is 0.0909. The predicted octanol–water partition coefficient (Wildman–Crippen LogP) is 0.703. The Kier molecular flexibility index (Phi) is 2.95. The molecule has 6 heteroatoms. The monoisotopic (exact) mass is 231 g/mol. The van der Waals surface area contributed by atoms with Crippen molar-refractivity contribution in [1.29, 1.82) is 0 Å². The van der Waals surface area contributed by atoms with Crippen LogP contribution in [0.2, 0.25) is 0 Å². The largest absolute Gasteiger partial charge is 0.399 e. The summed E-state index contributed by atoms with van der Waals surface area (Å²) in [5.74, 6) is -0.486. The van der Waals surface area contributed by atoms with Crippen molar-refractivity contribution in [3.05, 3.63) is 41.7 Å². The van der Waals surface area contributed by atoms with E-state index >= 15 is 0 Å². The Labute approximate surface area is 98.0 Å². The maximum absolute atomic E-state index is 11.2. The fourth-order valence-electron chi connectivity index (χ4n) is 1.49. The van der Waals surface area contributed by atoms with Crippen LogP contribution in [0.1, 0.15) is 15.9 Å². The van der Waals surface area contributed by atoms with Gasteiger partial charge in [-0.1, -0.05) is 0 Å². The van der Waals surface area contributed by atoms with E-state index in [9.17, 15) is 4.79 Å². The van der Waals surface area contributed by atoms with E-state index in [2.05, 4.69) is 15.5 Å². The van der Waals surface area contributed by atoms with Crippen LogP contribution in [-0.2, 0) is 6.54 Å². The second-order valence-corrected chi connectivity index (χ2v) is 3.63. The number of primary amides is 1. The molecule has 0 bridgehead atoms. The summed E-state index contributed by atoms with van der Waals surface area (Å²) in [4.78, 5) is 11.2. The standard InChI is InChI=1S/C11H13N5O/c12-8-1-2-9(11(13)17)10(3-8)14-4-7-5-15-16-6-7/h1-3,5-6,14H,4,12H2,(H2,13,17)(H,15,16). The van der Waals surface area contributed by atoms with Crippen molar-refractivity contribution in [3.63, 3.8) is 0 Å². The van der Waals surface area contributed by atoms with Crippen LogP contribution in [-0.4, -0.2) is 16.1 Å². The van der Waals surface area contributed by atoms with Gasteiger partial charge in [0, 0.05) is 29.7 Å². The van der Waals surface area contributed by atoms with E-state index in [0.29, 0.717) is 23.5 Å². The Morgan fingerprint density at radius 2 is 2.29 bits per heavy atom. The van der Waals surface area contributed by atoms with E-state index in [-0.39, 0.29) is 0 Å². The zero-order valence-corrected chi connectivity index (χ0v) is 9.10. The third-order valence-corrected chi connectivity index (χ3v) is 2.35. The van der Waals surface area contributed by atoms with Crippen molar-refractivity contribution >= 4 is 17.3 Å². The molecule has 0 fully saturated rings. The maximum atomic E-state index is 11.2. The molecule has 0 aliphatic rings. The quantitative estimate of drug-likeness (QED) is 0.580. The number of carbonyl (C=O) groups is 1. The molecule has 1 heterocycles. The molecule has 0 aliphatic carbocycles. The molecule has 17 heavy (non-hydrogen) atoms. The van der Waals surface area contributed by atoms with Crippen LogP contribution in [0.3, 0.4) is 0 Å². The van der Waals surface area contributed by atoms with Crippen LogP contribution >= 0.6 is 0 Å². The number of nitrogens with one attached hydrogen (secondary N) is 2. The second-order valence-electron chi connectivity index (χ2n) is 3.63. The zero-order chi connectivity index (χ0) is 12.3. The molecule has 1 aromatic carbocycles. The molecule has 0 saturated carbocycles. The topological polar surface area (TPSA) is 110 Å². The Hall–Kier alpha value is -2.50. The van der Waals surface area contributed by atoms with Gasteiger partial charge in [0.2, 0.25) is 0 Å². The first-order valence-corrected chi connectivity index (χ1v) is 5.07. The van der Waals surface area contributed by atoms with Crippen molar-refractivity contribution in [3.8, 4) is 0 Å². The molecule has 88 valence electrons. The number of anilines is 2. The van der Waals surface area contributed by atoms with Gasteiger partial charge in [0.15, 0.2) is 0 Å². The molecule has 1 amide bonds. The number of rotatable bonds is 4. The van der Waals surface area contributed by atoms with Gasteiger partial charge in [0.25, 0.3) is 5.91 Å². The number of aromatic amines is 1. The van der Waals surface area contributed by atoms with Crippen molar-refractivity contribution in [2.24, 2.45) is 5.73 Å². The molecular formula is C11H13N5O. The molecular weight excluding hydrogens is 218 g/mol. The number of carbonyl (C=O) groups excluding carboxylic acids is 1. The average Bonchev–Trinajstić information content (AvgIpc) is 2.78. The van der Waals surface area contributed by atoms with Gasteiger partial charge >= 0.3 is 0 Å². The predicted molar refractivity (Wildman–Crippen MR) is 65.3 cm³/mol. The Balaban J connectivity index is 2.19. The lowest BCUT2D eigenvalue weighted by atomic mass is 10.1. The molecule has 0 radical (unpaired) electrons. The molecule has 0 spiro atoms. The summed E-state index contributed by atoms with van der Waals surface area (Å²) in [6, 6.07) is 4.93. The minimum atomic E-state index is -0.486. The first-order chi connectivity index (χ1) is 8.16. The Morgan fingerprint density at radius 1 is 1.47 bits per heavy atom. The van der Waals surface area contributed by atoms with E-state index < -0.39 is 5.91 Å². The highest BCUT2D eigenvalue weighted by Crippen LogP contribution is 2.19. The average molecular weight is 231 g/mol. The molecule has 6 nitrogen and oxygen atoms in total. The summed E-state index contributed by atoms with van der Waals surface area (Å²) in [6.07, 6.45) is 3.46. The lowest BCUT2D eigenvalue weighted by Crippen LogP contribution is -2.14. The van der Waals surface area contributed by atoms with E-state index in [0.717, 1.165) is 5.56 Å². The van der Waals surface area contributed by atoms with Crippen LogP contribution in [0.4, 0.5) is 11.4 Å². The SMILES string of the molecule is NC(=O)c1ccc(N)cc1NCc1cn[nH]c1. The smallest absolute Gasteiger partial charge is 0.250 e. The van der Waals surface area contributed by atoms with E-state index in [1.54, 1.807) is 30.6 Å². The minimum absolute atomic E-state index is 0.419. The summed E-state index contributed by atoms with van der Waals surface area (Å²) in [5, 5.41) is 9.63. The lowest BCUT2D eigenvalue weighted by molar-refractivity contribution is 0.100. The zero-order valence-electron chi connectivity index (χ0n) is 9.10. The van der Waals surface area contributed by atoms with Crippen molar-refractivity contribution < 1.29 is 4.79 Å². The molecule has 0 atom stereocenters. The van der Waals surface area contributed by atoms with Crippen molar-refractivity contribution in [2.45, 2.75) is 6.54 Å². The first-order valence-electron chi connectivity index (χ1n) is 5.07. The number of benzene rings is 1. The van der Waals surface area contributed by atoms with Crippen LogP contribution in [0, 0.1) is 0 Å². The third-order valence-electron chi connectivity index (χ3n) is 2.35. The van der Waals surface area contributed by atoms with Crippen LogP contribution in [0.15, 0.2) is 30.6 Å². The Bertz CT molecular complexity index is 521. The van der Waals surface area contributed by atoms with Gasteiger partial charge < -0.3 is 16.8 Å². The summed E-state index contributed by atoms with van der Waals surface area (Å²) in [7, 11) is 0. The molecule has 0 unspecified atom stereocenters. The number of nitrogens with two attached hydrogens (primary N) is 2. The number of H-pyrrole nitrogens is 1. The number of hydrogen-bond donors (Lipinski definition) is 4. The minimum Gasteiger partial charge on any atom is -0.399 e. The van der Waals surface area contributed by atoms with E-state index in [4.69, 9.17) is 11.5 Å². The maximum Gasteiger partial charge on any atom is 0.250 e. The van der Waals surface area contributed by atoms with Crippen molar-refractivity contribution in [2.75, 3.05) is 11.1 Å². The number of nitrogen functional groups attached to an aromatic ring is 1. The van der Waals surface area contributed by atoms with Gasteiger partial charge in [-0.25, -0.2) is 0 Å². The van der Waals surface area contributed by atoms with Gasteiger partial charge in [0.1, 0.15) is 0 Å². The molecule has 1 aromatic heterocycles. The van der Waals surface area contributed by atoms with E-state index in [1.165, 1.54) is 0 Å². The third kappa shape index (κ3) is 2.54. The van der Waals surface area contributed by atoms with E-state index in [1.807, 2.05) is 0 Å². The number of hydrogen-bond acceptors (Lipinski definition) is 4. The molecule has 2 rings (SSSR count). The van der Waals surface area contributed by atoms with Gasteiger partial charge in [-0.15, -0.1) is 0 Å². The Morgan fingerprint density at radius 3 is 2.94 bits per heavy atom. The lowest BCUT2D eigenvalue weighted by Gasteiger charge is -2.09. The normalized spacial score (nSPS) is 10.1. The highest BCUT2D eigenvalue weighted by Gasteiger charge is 2.08. The van der Waals surface area contributed by atoms with Crippen LogP contribution in [0.5, 0.6) is 0 Å². The molecule has 0 saturated heterocycles. The first kappa shape index (κ1) is 11.0. The second kappa shape index (κ2) is 4.56. The van der Waals surface area contributed by atoms with Crippen LogP contribution in [0.25, 0.3) is 0 Å². The summed E-state index contributed by atoms with van der Waals surface area (Å²) >= 11 is 0. The fourth-order valence-corrected chi connectivity index (χ4v) is 1.49. The summed E-state index contributed by atoms with van der Waals surface area (Å²) in [6.45, 7) is 0.542. The number of aromatic nitrogens is 2. The number of nitrogens with zero attached hydrogens (tertiary/aromatic N) is 1. The van der Waals surface area contributed by atoms with Gasteiger partial charge in [-0.3, -0.25) is 9.89 Å². The van der Waals surface area contributed by atoms with Gasteiger partial charge in [-0.2, -0.15) is 5.10 Å². The van der Waals surface area contributed by atoms with Crippen LogP contribution < -0.4 is 16.8 Å². The highest BCUT2D eigenvalue weighted by atomic mass is 16.1. The van der Waals surface area contributed by atoms with Gasteiger partial charge in [-0.05, 0) is 18.2 Å². The summed E-state index contributed by atoms with van der Waals surface area (Å²) < 4.78 is 0. The van der Waals surface area contributed by atoms with Crippen molar-refractivity contribution in [1.82, 2.24) is 10.2 Å². The number of amides is 1. The highest BCUT2D eigenvalue weighted by molar-refractivity contribution is 5.99. The molecule has 0 aliphatic heterocycles. The van der Waals surface area contributed by atoms with Gasteiger partial charge in [0.05, 0.1) is 11.8 Å².